The zero-order valence-corrected chi connectivity index (χ0v) is 11.7. The van der Waals surface area contributed by atoms with E-state index in [1.165, 1.54) is 0 Å². The van der Waals surface area contributed by atoms with Crippen molar-refractivity contribution in [3.8, 4) is 0 Å². The van der Waals surface area contributed by atoms with E-state index in [0.29, 0.717) is 22.7 Å². The molecule has 2 aromatic carbocycles. The smallest absolute Gasteiger partial charge is 0.248 e. The van der Waals surface area contributed by atoms with Gasteiger partial charge in [-0.05, 0) is 18.7 Å². The van der Waals surface area contributed by atoms with Crippen molar-refractivity contribution < 1.29 is 13.2 Å². The summed E-state index contributed by atoms with van der Waals surface area (Å²) in [7, 11) is 0. The molecule has 0 aliphatic carbocycles. The minimum absolute atomic E-state index is 0.247. The van der Waals surface area contributed by atoms with Crippen LogP contribution in [0.25, 0.3) is 12.4 Å². The average molecular weight is 312 g/mol. The molecule has 3 aromatic rings. The number of nitrogens with one attached hydrogen (secondary N) is 2. The fourth-order valence-electron chi connectivity index (χ4n) is 2.35. The number of aromatic nitrogens is 2. The maximum Gasteiger partial charge on any atom is 0.248 e. The van der Waals surface area contributed by atoms with Gasteiger partial charge in [0, 0.05) is 22.6 Å². The zero-order valence-electron chi connectivity index (χ0n) is 11.7. The van der Waals surface area contributed by atoms with E-state index in [1.807, 2.05) is 24.3 Å². The minimum Gasteiger partial charge on any atom is -0.417 e. The Labute approximate surface area is 128 Å². The Morgan fingerprint density at radius 1 is 0.870 bits per heavy atom. The fourth-order valence-corrected chi connectivity index (χ4v) is 2.35. The summed E-state index contributed by atoms with van der Waals surface area (Å²) in [5, 5.41) is 15.2. The average Bonchev–Trinajstić information content (AvgIpc) is 3.14. The van der Waals surface area contributed by atoms with E-state index in [0.717, 1.165) is 22.6 Å². The van der Waals surface area contributed by atoms with Gasteiger partial charge in [-0.25, -0.2) is 8.78 Å². The van der Waals surface area contributed by atoms with Gasteiger partial charge in [0.25, 0.3) is 0 Å². The van der Waals surface area contributed by atoms with Crippen molar-refractivity contribution in [3.05, 3.63) is 69.6 Å². The van der Waals surface area contributed by atoms with Gasteiger partial charge in [-0.1, -0.05) is 12.1 Å². The zero-order chi connectivity index (χ0) is 16.0. The number of hydrogen-bond donors (Lipinski definition) is 2. The van der Waals surface area contributed by atoms with Gasteiger partial charge in [-0.15, -0.1) is 10.2 Å². The molecule has 5 nitrogen and oxygen atoms in total. The van der Waals surface area contributed by atoms with Crippen LogP contribution in [0.4, 0.5) is 20.2 Å². The highest BCUT2D eigenvalue weighted by molar-refractivity contribution is 5.90. The lowest BCUT2D eigenvalue weighted by Gasteiger charge is -1.99. The summed E-state index contributed by atoms with van der Waals surface area (Å²) in [6.07, 6.45) is 0. The second-order valence-corrected chi connectivity index (χ2v) is 5.02. The van der Waals surface area contributed by atoms with Gasteiger partial charge in [-0.2, -0.15) is 0 Å². The Kier molecular flexibility index (Phi) is 2.87. The summed E-state index contributed by atoms with van der Waals surface area (Å²) in [5.74, 6) is -1.15. The van der Waals surface area contributed by atoms with Crippen LogP contribution < -0.4 is 21.4 Å². The van der Waals surface area contributed by atoms with Crippen LogP contribution in [0.1, 0.15) is 0 Å². The first kappa shape index (κ1) is 13.4. The summed E-state index contributed by atoms with van der Waals surface area (Å²) in [6, 6.07) is 9.51. The van der Waals surface area contributed by atoms with Crippen molar-refractivity contribution in [1.29, 1.82) is 0 Å². The van der Waals surface area contributed by atoms with Crippen LogP contribution in [-0.4, -0.2) is 10.2 Å². The van der Waals surface area contributed by atoms with Crippen LogP contribution in [0, 0.1) is 22.4 Å². The molecule has 1 aliphatic rings. The molecule has 0 radical (unpaired) electrons. The van der Waals surface area contributed by atoms with Gasteiger partial charge < -0.3 is 15.1 Å². The SMILES string of the molecule is C=c1nnc(=c2ccc(=C3Nc4cc(F)c(F)cc4N3)cc2)o1. The highest BCUT2D eigenvalue weighted by Gasteiger charge is 2.17. The molecular weight excluding hydrogens is 302 g/mol. The van der Waals surface area contributed by atoms with Crippen molar-refractivity contribution in [2.24, 2.45) is 0 Å². The van der Waals surface area contributed by atoms with E-state index in [-0.39, 0.29) is 5.55 Å². The number of hydrogen-bond acceptors (Lipinski definition) is 5. The molecule has 0 saturated heterocycles. The number of anilines is 2. The number of fused-ring (bicyclic) bond motifs is 1. The Bertz CT molecular complexity index is 1070. The molecule has 2 N–H and O–H groups in total. The van der Waals surface area contributed by atoms with E-state index < -0.39 is 11.6 Å². The molecule has 7 heteroatoms. The molecule has 114 valence electrons. The first-order valence-corrected chi connectivity index (χ1v) is 6.76. The third kappa shape index (κ3) is 2.32. The maximum atomic E-state index is 13.3. The monoisotopic (exact) mass is 312 g/mol. The normalized spacial score (nSPS) is 12.7. The van der Waals surface area contributed by atoms with Crippen LogP contribution in [0.2, 0.25) is 0 Å². The molecule has 0 spiro atoms. The number of halogens is 2. The molecule has 0 amide bonds. The Morgan fingerprint density at radius 3 is 1.96 bits per heavy atom. The van der Waals surface area contributed by atoms with Crippen LogP contribution in [0.15, 0.2) is 40.8 Å². The third-order valence-electron chi connectivity index (χ3n) is 3.47. The number of rotatable bonds is 0. The van der Waals surface area contributed by atoms with E-state index in [9.17, 15) is 8.78 Å². The van der Waals surface area contributed by atoms with Crippen LogP contribution in [-0.2, 0) is 0 Å². The van der Waals surface area contributed by atoms with Gasteiger partial charge >= 0.3 is 0 Å². The molecule has 23 heavy (non-hydrogen) atoms. The van der Waals surface area contributed by atoms with Gasteiger partial charge in [0.15, 0.2) is 11.6 Å². The first-order chi connectivity index (χ1) is 11.1. The lowest BCUT2D eigenvalue weighted by atomic mass is 10.2. The maximum absolute atomic E-state index is 13.3. The molecule has 0 saturated carbocycles. The lowest BCUT2D eigenvalue weighted by Crippen LogP contribution is -2.13. The Balaban J connectivity index is 1.80. The van der Waals surface area contributed by atoms with E-state index in [4.69, 9.17) is 4.42 Å². The van der Waals surface area contributed by atoms with Crippen molar-refractivity contribution >= 4 is 23.8 Å². The fraction of sp³-hybridized carbons (Fsp3) is 0. The predicted molar refractivity (Wildman–Crippen MR) is 80.2 cm³/mol. The number of nitrogens with zero attached hydrogens (tertiary/aromatic N) is 2. The second kappa shape index (κ2) is 4.91. The summed E-state index contributed by atoms with van der Waals surface area (Å²) < 4.78 is 31.8. The van der Waals surface area contributed by atoms with Gasteiger partial charge in [0.2, 0.25) is 11.1 Å². The largest absolute Gasteiger partial charge is 0.417 e. The van der Waals surface area contributed by atoms with Crippen molar-refractivity contribution in [2.45, 2.75) is 0 Å². The van der Waals surface area contributed by atoms with Gasteiger partial charge in [-0.3, -0.25) is 0 Å². The molecular formula is C16H10F2N4O. The molecule has 4 rings (SSSR count). The minimum atomic E-state index is -0.893. The van der Waals surface area contributed by atoms with Crippen molar-refractivity contribution in [3.63, 3.8) is 0 Å². The topological polar surface area (TPSA) is 63.0 Å². The van der Waals surface area contributed by atoms with Crippen molar-refractivity contribution in [2.75, 3.05) is 10.6 Å². The molecule has 0 bridgehead atoms. The van der Waals surface area contributed by atoms with Gasteiger partial charge in [0.1, 0.15) is 5.82 Å². The molecule has 0 fully saturated rings. The predicted octanol–water partition coefficient (Wildman–Crippen LogP) is 1.65. The highest BCUT2D eigenvalue weighted by atomic mass is 19.2. The first-order valence-electron chi connectivity index (χ1n) is 6.76. The van der Waals surface area contributed by atoms with E-state index in [1.54, 1.807) is 0 Å². The van der Waals surface area contributed by atoms with Crippen LogP contribution >= 0.6 is 0 Å². The van der Waals surface area contributed by atoms with Crippen molar-refractivity contribution in [1.82, 2.24) is 10.2 Å². The summed E-state index contributed by atoms with van der Waals surface area (Å²) >= 11 is 0. The Morgan fingerprint density at radius 2 is 1.43 bits per heavy atom. The molecule has 2 heterocycles. The van der Waals surface area contributed by atoms with E-state index in [2.05, 4.69) is 27.4 Å². The quantitative estimate of drug-likeness (QED) is 0.661. The standard InChI is InChI=1S/C16H10F2N4O/c1-8-21-22-16(23-8)10-4-2-9(3-5-10)15-19-13-6-11(17)12(18)7-14(13)20-15/h2-7,19-20H,1H2. The third-order valence-corrected chi connectivity index (χ3v) is 3.47. The van der Waals surface area contributed by atoms with Crippen LogP contribution in [0.5, 0.6) is 0 Å². The number of benzene rings is 2. The lowest BCUT2D eigenvalue weighted by molar-refractivity contribution is 0.490. The summed E-state index contributed by atoms with van der Waals surface area (Å²) in [4.78, 5) is 0. The molecule has 1 aliphatic heterocycles. The molecule has 1 aromatic heterocycles. The van der Waals surface area contributed by atoms with E-state index >= 15 is 0 Å². The van der Waals surface area contributed by atoms with Crippen LogP contribution in [0.3, 0.4) is 0 Å². The highest BCUT2D eigenvalue weighted by Crippen LogP contribution is 2.32. The molecule has 0 atom stereocenters. The second-order valence-electron chi connectivity index (χ2n) is 5.02. The summed E-state index contributed by atoms with van der Waals surface area (Å²) in [5.41, 5.74) is 1.60. The molecule has 0 unspecified atom stereocenters. The van der Waals surface area contributed by atoms with Gasteiger partial charge in [0.05, 0.1) is 11.4 Å². The summed E-state index contributed by atoms with van der Waals surface area (Å²) in [6.45, 7) is 3.56. The Hall–Kier alpha value is -3.22.